The van der Waals surface area contributed by atoms with E-state index in [9.17, 15) is 0 Å². The second kappa shape index (κ2) is 10.9. The van der Waals surface area contributed by atoms with E-state index in [0.29, 0.717) is 17.7 Å². The van der Waals surface area contributed by atoms with Crippen molar-refractivity contribution in [3.8, 4) is 5.88 Å². The summed E-state index contributed by atoms with van der Waals surface area (Å²) in [5, 5.41) is 14.8. The molecule has 2 heterocycles. The minimum Gasteiger partial charge on any atom is -0.475 e. The number of ether oxygens (including phenoxy) is 1. The van der Waals surface area contributed by atoms with Gasteiger partial charge in [0.05, 0.1) is 18.3 Å². The number of carbonyl (C=O) groups is 2. The highest BCUT2D eigenvalue weighted by Crippen LogP contribution is 2.27. The molecule has 8 nitrogen and oxygen atoms in total. The largest absolute Gasteiger partial charge is 0.475 e. The van der Waals surface area contributed by atoms with Crippen molar-refractivity contribution in [1.82, 2.24) is 13.6 Å². The number of carboxylic acid groups (broad SMARTS) is 2. The summed E-state index contributed by atoms with van der Waals surface area (Å²) in [6.07, 6.45) is 4.52. The van der Waals surface area contributed by atoms with Crippen LogP contribution in [0.1, 0.15) is 39.3 Å². The third-order valence-corrected chi connectivity index (χ3v) is 4.90. The standard InChI is InChI=1S/C15H25N3OS.C2H2O4/c1-5-11(2)12(3)10-19-15-14(16-20-17-15)13-7-6-8-18(4)9-13;3-1(4)2(5)6/h7,11-12H,5-6,8-10H2,1-4H3;(H,3,4)(H,5,6). The Morgan fingerprint density at radius 3 is 2.46 bits per heavy atom. The van der Waals surface area contributed by atoms with Crippen LogP contribution in [-0.2, 0) is 9.59 Å². The Kier molecular flexibility index (Phi) is 9.22. The molecule has 1 aromatic rings. The van der Waals surface area contributed by atoms with E-state index in [1.807, 2.05) is 0 Å². The maximum absolute atomic E-state index is 9.10. The van der Waals surface area contributed by atoms with Crippen LogP contribution >= 0.6 is 11.7 Å². The van der Waals surface area contributed by atoms with E-state index >= 15 is 0 Å². The van der Waals surface area contributed by atoms with E-state index in [0.717, 1.165) is 31.8 Å². The summed E-state index contributed by atoms with van der Waals surface area (Å²) < 4.78 is 14.7. The molecule has 2 N–H and O–H groups in total. The molecule has 146 valence electrons. The Bertz CT molecular complexity index is 620. The molecule has 1 aliphatic rings. The Balaban J connectivity index is 0.000000487. The number of hydrogen-bond donors (Lipinski definition) is 2. The molecule has 0 radical (unpaired) electrons. The highest BCUT2D eigenvalue weighted by Gasteiger charge is 2.19. The lowest BCUT2D eigenvalue weighted by atomic mass is 9.94. The zero-order valence-corrected chi connectivity index (χ0v) is 16.5. The lowest BCUT2D eigenvalue weighted by Gasteiger charge is -2.22. The summed E-state index contributed by atoms with van der Waals surface area (Å²) in [6.45, 7) is 9.50. The molecule has 2 atom stereocenters. The molecule has 26 heavy (non-hydrogen) atoms. The van der Waals surface area contributed by atoms with Crippen LogP contribution < -0.4 is 4.74 Å². The number of likely N-dealkylation sites (N-methyl/N-ethyl adjacent to an activating group) is 1. The van der Waals surface area contributed by atoms with Crippen molar-refractivity contribution in [3.05, 3.63) is 11.8 Å². The summed E-state index contributed by atoms with van der Waals surface area (Å²) in [7, 11) is 2.14. The SMILES string of the molecule is CCC(C)C(C)COc1nsnc1C1=CCCN(C)C1.O=C(O)C(=O)O. The number of aliphatic carboxylic acids is 2. The summed E-state index contributed by atoms with van der Waals surface area (Å²) in [5.74, 6) is -1.72. The molecular weight excluding hydrogens is 358 g/mol. The highest BCUT2D eigenvalue weighted by molar-refractivity contribution is 6.99. The fraction of sp³-hybridized carbons (Fsp3) is 0.647. The van der Waals surface area contributed by atoms with Gasteiger partial charge in [0.25, 0.3) is 5.88 Å². The lowest BCUT2D eigenvalue weighted by Crippen LogP contribution is -2.25. The van der Waals surface area contributed by atoms with Crippen molar-refractivity contribution < 1.29 is 24.5 Å². The first kappa shape index (κ1) is 22.0. The second-order valence-electron chi connectivity index (χ2n) is 6.46. The van der Waals surface area contributed by atoms with Gasteiger partial charge < -0.3 is 19.8 Å². The number of aromatic nitrogens is 2. The van der Waals surface area contributed by atoms with Crippen molar-refractivity contribution >= 4 is 29.2 Å². The van der Waals surface area contributed by atoms with Crippen LogP contribution in [0.15, 0.2) is 6.08 Å². The number of hydrogen-bond acceptors (Lipinski definition) is 7. The molecule has 0 saturated carbocycles. The zero-order chi connectivity index (χ0) is 19.7. The number of nitrogens with zero attached hydrogens (tertiary/aromatic N) is 3. The molecule has 2 rings (SSSR count). The van der Waals surface area contributed by atoms with Crippen LogP contribution in [0.25, 0.3) is 5.57 Å². The van der Waals surface area contributed by atoms with Gasteiger partial charge in [0.1, 0.15) is 5.69 Å². The van der Waals surface area contributed by atoms with Crippen LogP contribution in [-0.4, -0.2) is 62.5 Å². The van der Waals surface area contributed by atoms with E-state index in [1.165, 1.54) is 23.7 Å². The van der Waals surface area contributed by atoms with Gasteiger partial charge in [-0.2, -0.15) is 4.37 Å². The Morgan fingerprint density at radius 1 is 1.27 bits per heavy atom. The van der Waals surface area contributed by atoms with Crippen molar-refractivity contribution in [2.45, 2.75) is 33.6 Å². The van der Waals surface area contributed by atoms with Crippen LogP contribution in [0, 0.1) is 11.8 Å². The maximum Gasteiger partial charge on any atom is 0.414 e. The lowest BCUT2D eigenvalue weighted by molar-refractivity contribution is -0.159. The summed E-state index contributed by atoms with van der Waals surface area (Å²) in [4.78, 5) is 20.5. The summed E-state index contributed by atoms with van der Waals surface area (Å²) in [5.41, 5.74) is 2.19. The predicted octanol–water partition coefficient (Wildman–Crippen LogP) is 2.47. The number of carboxylic acids is 2. The van der Waals surface area contributed by atoms with Gasteiger partial charge >= 0.3 is 11.9 Å². The first-order valence-corrected chi connectivity index (χ1v) is 9.28. The van der Waals surface area contributed by atoms with Gasteiger partial charge in [-0.25, -0.2) is 9.59 Å². The molecule has 0 aromatic carbocycles. The van der Waals surface area contributed by atoms with Gasteiger partial charge in [-0.15, -0.1) is 4.37 Å². The van der Waals surface area contributed by atoms with E-state index in [2.05, 4.69) is 47.5 Å². The molecule has 0 fully saturated rings. The fourth-order valence-electron chi connectivity index (χ4n) is 2.31. The van der Waals surface area contributed by atoms with Crippen molar-refractivity contribution in [2.75, 3.05) is 26.7 Å². The third kappa shape index (κ3) is 7.09. The zero-order valence-electron chi connectivity index (χ0n) is 15.6. The molecule has 0 aliphatic carbocycles. The van der Waals surface area contributed by atoms with Gasteiger partial charge in [-0.1, -0.05) is 33.3 Å². The molecule has 1 aromatic heterocycles. The fourth-order valence-corrected chi connectivity index (χ4v) is 2.84. The normalized spacial score (nSPS) is 16.7. The smallest absolute Gasteiger partial charge is 0.414 e. The Labute approximate surface area is 157 Å². The van der Waals surface area contributed by atoms with E-state index in [4.69, 9.17) is 24.5 Å². The van der Waals surface area contributed by atoms with Gasteiger partial charge in [-0.05, 0) is 30.9 Å². The van der Waals surface area contributed by atoms with Gasteiger partial charge in [-0.3, -0.25) is 0 Å². The number of rotatable bonds is 6. The Hall–Kier alpha value is -2.00. The molecule has 0 saturated heterocycles. The van der Waals surface area contributed by atoms with Gasteiger partial charge in [0.2, 0.25) is 0 Å². The van der Waals surface area contributed by atoms with Gasteiger partial charge in [0, 0.05) is 13.1 Å². The van der Waals surface area contributed by atoms with Gasteiger partial charge in [0.15, 0.2) is 0 Å². The monoisotopic (exact) mass is 385 g/mol. The molecule has 0 spiro atoms. The molecular formula is C17H27N3O5S. The topological polar surface area (TPSA) is 113 Å². The minimum absolute atomic E-state index is 0.539. The van der Waals surface area contributed by atoms with Crippen LogP contribution in [0.2, 0.25) is 0 Å². The highest BCUT2D eigenvalue weighted by atomic mass is 32.1. The van der Waals surface area contributed by atoms with Crippen LogP contribution in [0.4, 0.5) is 0 Å². The molecule has 9 heteroatoms. The van der Waals surface area contributed by atoms with Crippen LogP contribution in [0.3, 0.4) is 0 Å². The molecule has 1 aliphatic heterocycles. The summed E-state index contributed by atoms with van der Waals surface area (Å²) >= 11 is 1.24. The Morgan fingerprint density at radius 2 is 1.92 bits per heavy atom. The first-order chi connectivity index (χ1) is 12.3. The van der Waals surface area contributed by atoms with E-state index < -0.39 is 11.9 Å². The average Bonchev–Trinajstić information content (AvgIpc) is 3.08. The quantitative estimate of drug-likeness (QED) is 0.718. The van der Waals surface area contributed by atoms with E-state index in [1.54, 1.807) is 0 Å². The second-order valence-corrected chi connectivity index (χ2v) is 6.99. The summed E-state index contributed by atoms with van der Waals surface area (Å²) in [6, 6.07) is 0. The van der Waals surface area contributed by atoms with Crippen molar-refractivity contribution in [3.63, 3.8) is 0 Å². The van der Waals surface area contributed by atoms with Crippen molar-refractivity contribution in [2.24, 2.45) is 11.8 Å². The minimum atomic E-state index is -1.82. The first-order valence-electron chi connectivity index (χ1n) is 8.55. The third-order valence-electron chi connectivity index (χ3n) is 4.39. The molecule has 0 amide bonds. The average molecular weight is 385 g/mol. The van der Waals surface area contributed by atoms with Crippen molar-refractivity contribution in [1.29, 1.82) is 0 Å². The molecule has 2 unspecified atom stereocenters. The predicted molar refractivity (Wildman–Crippen MR) is 99.4 cm³/mol. The maximum atomic E-state index is 9.10. The van der Waals surface area contributed by atoms with Crippen LogP contribution in [0.5, 0.6) is 5.88 Å². The molecule has 0 bridgehead atoms. The van der Waals surface area contributed by atoms with E-state index in [-0.39, 0.29) is 0 Å².